The molecule has 2 aliphatic rings. The predicted octanol–water partition coefficient (Wildman–Crippen LogP) is 2.27. The molecule has 3 rings (SSSR count). The molecule has 4 atom stereocenters. The second-order valence-corrected chi connectivity index (χ2v) is 6.00. The zero-order valence-corrected chi connectivity index (χ0v) is 12.2. The number of ether oxygens (including phenoxy) is 1. The summed E-state index contributed by atoms with van der Waals surface area (Å²) in [6.45, 7) is 0. The van der Waals surface area contributed by atoms with Crippen molar-refractivity contribution in [2.45, 2.75) is 25.0 Å². The molecule has 106 valence electrons. The van der Waals surface area contributed by atoms with Crippen molar-refractivity contribution in [2.24, 2.45) is 11.8 Å². The van der Waals surface area contributed by atoms with Gasteiger partial charge >= 0.3 is 5.97 Å². The van der Waals surface area contributed by atoms with Crippen LogP contribution in [0.3, 0.4) is 0 Å². The van der Waals surface area contributed by atoms with E-state index < -0.39 is 17.8 Å². The lowest BCUT2D eigenvalue weighted by Gasteiger charge is -2.24. The highest BCUT2D eigenvalue weighted by Crippen LogP contribution is 2.44. The Morgan fingerprint density at radius 1 is 1.20 bits per heavy atom. The van der Waals surface area contributed by atoms with Crippen molar-refractivity contribution in [1.82, 2.24) is 0 Å². The van der Waals surface area contributed by atoms with E-state index in [1.807, 2.05) is 18.2 Å². The first-order chi connectivity index (χ1) is 9.58. The Labute approximate surface area is 124 Å². The number of carbonyl (C=O) groups is 2. The first-order valence-electron chi connectivity index (χ1n) is 6.51. The monoisotopic (exact) mass is 339 g/mol. The van der Waals surface area contributed by atoms with Crippen LogP contribution >= 0.6 is 15.9 Å². The minimum atomic E-state index is -0.954. The van der Waals surface area contributed by atoms with Crippen LogP contribution in [-0.4, -0.2) is 29.2 Å². The molecule has 0 aliphatic carbocycles. The van der Waals surface area contributed by atoms with Crippen LogP contribution in [0, 0.1) is 11.8 Å². The van der Waals surface area contributed by atoms with Gasteiger partial charge in [0.15, 0.2) is 0 Å². The number of anilines is 1. The van der Waals surface area contributed by atoms with Crippen LogP contribution in [-0.2, 0) is 14.3 Å². The first kappa shape index (κ1) is 13.6. The third-order valence-electron chi connectivity index (χ3n) is 3.99. The highest BCUT2D eigenvalue weighted by atomic mass is 79.9. The van der Waals surface area contributed by atoms with Crippen LogP contribution in [0.2, 0.25) is 0 Å². The Hall–Kier alpha value is -1.40. The minimum Gasteiger partial charge on any atom is -0.481 e. The Balaban J connectivity index is 1.80. The van der Waals surface area contributed by atoms with Gasteiger partial charge in [0.25, 0.3) is 0 Å². The van der Waals surface area contributed by atoms with Crippen LogP contribution in [0.5, 0.6) is 0 Å². The second-order valence-electron chi connectivity index (χ2n) is 5.15. The van der Waals surface area contributed by atoms with Crippen molar-refractivity contribution < 1.29 is 19.4 Å². The van der Waals surface area contributed by atoms with Gasteiger partial charge in [0, 0.05) is 4.47 Å². The molecule has 0 unspecified atom stereocenters. The largest absolute Gasteiger partial charge is 0.481 e. The topological polar surface area (TPSA) is 75.6 Å². The summed E-state index contributed by atoms with van der Waals surface area (Å²) in [6.07, 6.45) is 0.874. The fraction of sp³-hybridized carbons (Fsp3) is 0.429. The van der Waals surface area contributed by atoms with Gasteiger partial charge in [-0.2, -0.15) is 0 Å². The quantitative estimate of drug-likeness (QED) is 0.885. The van der Waals surface area contributed by atoms with Gasteiger partial charge in [0.05, 0.1) is 29.7 Å². The summed E-state index contributed by atoms with van der Waals surface area (Å²) in [5.74, 6) is -2.59. The molecule has 2 N–H and O–H groups in total. The van der Waals surface area contributed by atoms with E-state index in [9.17, 15) is 14.7 Å². The lowest BCUT2D eigenvalue weighted by molar-refractivity contribution is -0.147. The average molecular weight is 340 g/mol. The van der Waals surface area contributed by atoms with E-state index in [0.717, 1.165) is 17.3 Å². The van der Waals surface area contributed by atoms with Crippen molar-refractivity contribution in [2.75, 3.05) is 5.32 Å². The summed E-state index contributed by atoms with van der Waals surface area (Å²) in [6, 6.07) is 7.25. The normalized spacial score (nSPS) is 31.2. The van der Waals surface area contributed by atoms with Gasteiger partial charge in [0.1, 0.15) is 0 Å². The van der Waals surface area contributed by atoms with Crippen LogP contribution in [0.25, 0.3) is 0 Å². The maximum atomic E-state index is 12.4. The van der Waals surface area contributed by atoms with Gasteiger partial charge in [-0.15, -0.1) is 0 Å². The minimum absolute atomic E-state index is 0.274. The molecule has 6 heteroatoms. The summed E-state index contributed by atoms with van der Waals surface area (Å²) in [7, 11) is 0. The van der Waals surface area contributed by atoms with Crippen molar-refractivity contribution >= 4 is 33.5 Å². The molecule has 1 aromatic carbocycles. The second kappa shape index (κ2) is 5.18. The first-order valence-corrected chi connectivity index (χ1v) is 7.31. The number of rotatable bonds is 3. The third kappa shape index (κ3) is 2.23. The molecule has 1 amide bonds. The molecule has 2 bridgehead atoms. The van der Waals surface area contributed by atoms with Crippen LogP contribution < -0.4 is 5.32 Å². The van der Waals surface area contributed by atoms with Crippen molar-refractivity contribution in [3.63, 3.8) is 0 Å². The summed E-state index contributed by atoms with van der Waals surface area (Å²) in [5, 5.41) is 12.1. The van der Waals surface area contributed by atoms with Crippen LogP contribution in [0.15, 0.2) is 28.7 Å². The standard InChI is InChI=1S/C14H14BrNO4/c15-7-3-1-2-4-8(7)16-13(17)11-9-5-6-10(20-9)12(11)14(18)19/h1-4,9-12H,5-6H2,(H,16,17)(H,18,19)/t9-,10-,11-,12-/m0/s1. The molecule has 5 nitrogen and oxygen atoms in total. The lowest BCUT2D eigenvalue weighted by atomic mass is 9.78. The number of amides is 1. The molecule has 0 saturated carbocycles. The van der Waals surface area contributed by atoms with E-state index in [2.05, 4.69) is 21.2 Å². The van der Waals surface area contributed by atoms with E-state index in [0.29, 0.717) is 5.69 Å². The zero-order valence-electron chi connectivity index (χ0n) is 10.6. The van der Waals surface area contributed by atoms with Crippen LogP contribution in [0.1, 0.15) is 12.8 Å². The molecule has 2 saturated heterocycles. The Bertz CT molecular complexity index is 562. The van der Waals surface area contributed by atoms with E-state index in [-0.39, 0.29) is 18.1 Å². The number of benzene rings is 1. The van der Waals surface area contributed by atoms with E-state index in [1.54, 1.807) is 6.07 Å². The summed E-state index contributed by atoms with van der Waals surface area (Å²) in [4.78, 5) is 23.8. The summed E-state index contributed by atoms with van der Waals surface area (Å²) < 4.78 is 6.36. The van der Waals surface area contributed by atoms with E-state index in [4.69, 9.17) is 4.74 Å². The molecule has 1 aromatic rings. The summed E-state index contributed by atoms with van der Waals surface area (Å²) in [5.41, 5.74) is 0.643. The molecule has 0 radical (unpaired) electrons. The Kier molecular flexibility index (Phi) is 3.52. The smallest absolute Gasteiger partial charge is 0.310 e. The molecule has 0 spiro atoms. The average Bonchev–Trinajstić information content (AvgIpc) is 3.01. The number of aliphatic carboxylic acids is 1. The van der Waals surface area contributed by atoms with Crippen LogP contribution in [0.4, 0.5) is 5.69 Å². The van der Waals surface area contributed by atoms with Gasteiger partial charge in [-0.1, -0.05) is 12.1 Å². The molecule has 20 heavy (non-hydrogen) atoms. The number of fused-ring (bicyclic) bond motifs is 2. The maximum absolute atomic E-state index is 12.4. The predicted molar refractivity (Wildman–Crippen MR) is 75.3 cm³/mol. The number of carbonyl (C=O) groups excluding carboxylic acids is 1. The highest BCUT2D eigenvalue weighted by molar-refractivity contribution is 9.10. The van der Waals surface area contributed by atoms with Crippen molar-refractivity contribution in [3.8, 4) is 0 Å². The molecule has 0 aromatic heterocycles. The van der Waals surface area contributed by atoms with Crippen molar-refractivity contribution in [1.29, 1.82) is 0 Å². The number of hydrogen-bond acceptors (Lipinski definition) is 3. The maximum Gasteiger partial charge on any atom is 0.310 e. The fourth-order valence-electron chi connectivity index (χ4n) is 3.10. The lowest BCUT2D eigenvalue weighted by Crippen LogP contribution is -2.41. The highest BCUT2D eigenvalue weighted by Gasteiger charge is 2.55. The Morgan fingerprint density at radius 3 is 2.50 bits per heavy atom. The fourth-order valence-corrected chi connectivity index (χ4v) is 3.49. The number of halogens is 1. The van der Waals surface area contributed by atoms with Gasteiger partial charge in [-0.3, -0.25) is 9.59 Å². The van der Waals surface area contributed by atoms with E-state index in [1.165, 1.54) is 0 Å². The molecule has 2 aliphatic heterocycles. The van der Waals surface area contributed by atoms with Gasteiger partial charge in [-0.25, -0.2) is 0 Å². The SMILES string of the molecule is O=C(O)[C@@H]1[C@@H](C(=O)Nc2ccccc2Br)[C@@H]2CC[C@@H]1O2. The van der Waals surface area contributed by atoms with Crippen molar-refractivity contribution in [3.05, 3.63) is 28.7 Å². The van der Waals surface area contributed by atoms with Gasteiger partial charge in [0.2, 0.25) is 5.91 Å². The zero-order chi connectivity index (χ0) is 14.3. The van der Waals surface area contributed by atoms with Gasteiger partial charge < -0.3 is 15.2 Å². The number of para-hydroxylation sites is 1. The number of nitrogens with one attached hydrogen (secondary N) is 1. The Morgan fingerprint density at radius 2 is 1.85 bits per heavy atom. The third-order valence-corrected chi connectivity index (χ3v) is 4.68. The molecule has 2 heterocycles. The number of hydrogen-bond donors (Lipinski definition) is 2. The number of carboxylic acids is 1. The van der Waals surface area contributed by atoms with E-state index >= 15 is 0 Å². The molecular formula is C14H14BrNO4. The molecule has 2 fully saturated rings. The molecular weight excluding hydrogens is 326 g/mol. The summed E-state index contributed by atoms with van der Waals surface area (Å²) >= 11 is 3.36. The van der Waals surface area contributed by atoms with Gasteiger partial charge in [-0.05, 0) is 40.9 Å². The number of carboxylic acid groups (broad SMARTS) is 1.